The summed E-state index contributed by atoms with van der Waals surface area (Å²) in [6.07, 6.45) is 4.66. The molecule has 2 N–H and O–H groups in total. The molecule has 0 unspecified atom stereocenters. The Morgan fingerprint density at radius 1 is 0.926 bits per heavy atom. The van der Waals surface area contributed by atoms with Crippen molar-refractivity contribution in [2.24, 2.45) is 0 Å². The van der Waals surface area contributed by atoms with Gasteiger partial charge >= 0.3 is 0 Å². The van der Waals surface area contributed by atoms with E-state index < -0.39 is 10.0 Å². The van der Waals surface area contributed by atoms with Crippen molar-refractivity contribution >= 4 is 27.3 Å². The molecule has 0 aromatic heterocycles. The maximum absolute atomic E-state index is 12.6. The van der Waals surface area contributed by atoms with Crippen LogP contribution in [0.25, 0.3) is 0 Å². The number of carbonyl (C=O) groups is 1. The summed E-state index contributed by atoms with van der Waals surface area (Å²) >= 11 is 0. The quantitative estimate of drug-likeness (QED) is 0.593. The van der Waals surface area contributed by atoms with Crippen LogP contribution in [0, 0.1) is 13.8 Å². The van der Waals surface area contributed by atoms with E-state index in [1.165, 1.54) is 12.1 Å². The summed E-state index contributed by atoms with van der Waals surface area (Å²) in [6.45, 7) is 5.86. The zero-order valence-corrected chi connectivity index (χ0v) is 17.0. The van der Waals surface area contributed by atoms with E-state index in [0.29, 0.717) is 17.8 Å². The Balaban J connectivity index is 2.02. The Morgan fingerprint density at radius 2 is 1.56 bits per heavy atom. The lowest BCUT2D eigenvalue weighted by atomic mass is 10.1. The van der Waals surface area contributed by atoms with Crippen LogP contribution in [0.2, 0.25) is 0 Å². The predicted octanol–water partition coefficient (Wildman–Crippen LogP) is 5.01. The second kappa shape index (κ2) is 9.55. The van der Waals surface area contributed by atoms with Crippen LogP contribution in [0.5, 0.6) is 0 Å². The van der Waals surface area contributed by atoms with Crippen molar-refractivity contribution < 1.29 is 13.2 Å². The Morgan fingerprint density at radius 3 is 2.15 bits per heavy atom. The molecule has 0 aliphatic rings. The lowest BCUT2D eigenvalue weighted by Crippen LogP contribution is -2.15. The highest BCUT2D eigenvalue weighted by atomic mass is 32.2. The van der Waals surface area contributed by atoms with E-state index in [4.69, 9.17) is 0 Å². The van der Waals surface area contributed by atoms with Gasteiger partial charge in [0, 0.05) is 12.1 Å². The normalized spacial score (nSPS) is 11.2. The van der Waals surface area contributed by atoms with Gasteiger partial charge in [0.15, 0.2) is 0 Å². The first-order chi connectivity index (χ1) is 12.8. The van der Waals surface area contributed by atoms with E-state index in [1.807, 2.05) is 32.0 Å². The molecule has 0 atom stereocenters. The van der Waals surface area contributed by atoms with Gasteiger partial charge in [-0.2, -0.15) is 0 Å². The number of carbonyl (C=O) groups excluding carboxylic acids is 1. The minimum atomic E-state index is -3.69. The van der Waals surface area contributed by atoms with E-state index in [0.717, 1.165) is 36.8 Å². The Hall–Kier alpha value is -2.34. The molecule has 2 aromatic rings. The summed E-state index contributed by atoms with van der Waals surface area (Å²) in [5.41, 5.74) is 2.93. The second-order valence-electron chi connectivity index (χ2n) is 6.76. The largest absolute Gasteiger partial charge is 0.326 e. The summed E-state index contributed by atoms with van der Waals surface area (Å²) in [5, 5.41) is 2.81. The number of sulfonamides is 1. The highest BCUT2D eigenvalue weighted by Crippen LogP contribution is 2.24. The average Bonchev–Trinajstić information content (AvgIpc) is 2.62. The van der Waals surface area contributed by atoms with Crippen LogP contribution in [0.3, 0.4) is 0 Å². The lowest BCUT2D eigenvalue weighted by molar-refractivity contribution is -0.116. The summed E-state index contributed by atoms with van der Waals surface area (Å²) in [6, 6.07) is 11.9. The van der Waals surface area contributed by atoms with Gasteiger partial charge in [-0.15, -0.1) is 0 Å². The third-order valence-corrected chi connectivity index (χ3v) is 5.79. The highest BCUT2D eigenvalue weighted by molar-refractivity contribution is 7.92. The Labute approximate surface area is 162 Å². The van der Waals surface area contributed by atoms with Gasteiger partial charge in [-0.3, -0.25) is 9.52 Å². The molecule has 0 aliphatic carbocycles. The highest BCUT2D eigenvalue weighted by Gasteiger charge is 2.16. The zero-order valence-electron chi connectivity index (χ0n) is 16.2. The van der Waals surface area contributed by atoms with Crippen molar-refractivity contribution in [2.75, 3.05) is 10.0 Å². The SMILES string of the molecule is CCCCCCC(=O)Nc1ccc(S(=O)(=O)Nc2c(C)cccc2C)cc1. The summed E-state index contributed by atoms with van der Waals surface area (Å²) in [5.74, 6) is -0.0460. The van der Waals surface area contributed by atoms with E-state index >= 15 is 0 Å². The van der Waals surface area contributed by atoms with E-state index in [9.17, 15) is 13.2 Å². The van der Waals surface area contributed by atoms with Crippen molar-refractivity contribution in [1.29, 1.82) is 0 Å². The van der Waals surface area contributed by atoms with E-state index in [1.54, 1.807) is 12.1 Å². The lowest BCUT2D eigenvalue weighted by Gasteiger charge is -2.13. The predicted molar refractivity (Wildman–Crippen MR) is 111 cm³/mol. The molecule has 2 rings (SSSR count). The Kier molecular flexibility index (Phi) is 7.42. The van der Waals surface area contributed by atoms with Gasteiger partial charge in [0.1, 0.15) is 0 Å². The van der Waals surface area contributed by atoms with Gasteiger partial charge in [0.25, 0.3) is 10.0 Å². The second-order valence-corrected chi connectivity index (χ2v) is 8.44. The molecular formula is C21H28N2O3S. The van der Waals surface area contributed by atoms with Crippen molar-refractivity contribution in [3.8, 4) is 0 Å². The maximum atomic E-state index is 12.6. The molecule has 27 heavy (non-hydrogen) atoms. The average molecular weight is 389 g/mol. The number of amides is 1. The number of unbranched alkanes of at least 4 members (excludes halogenated alkanes) is 3. The molecule has 0 saturated carbocycles. The summed E-state index contributed by atoms with van der Waals surface area (Å²) < 4.78 is 27.9. The van der Waals surface area contributed by atoms with Crippen molar-refractivity contribution in [3.05, 3.63) is 53.6 Å². The van der Waals surface area contributed by atoms with Crippen LogP contribution in [0.1, 0.15) is 50.2 Å². The fourth-order valence-electron chi connectivity index (χ4n) is 2.82. The fraction of sp³-hybridized carbons (Fsp3) is 0.381. The monoisotopic (exact) mass is 388 g/mol. The standard InChI is InChI=1S/C21H28N2O3S/c1-4-5-6-7-11-20(24)22-18-12-14-19(15-13-18)27(25,26)23-21-16(2)9-8-10-17(21)3/h8-10,12-15,23H,4-7,11H2,1-3H3,(H,22,24). The molecule has 0 radical (unpaired) electrons. The smallest absolute Gasteiger partial charge is 0.261 e. The van der Waals surface area contributed by atoms with Crippen LogP contribution in [0.4, 0.5) is 11.4 Å². The molecule has 0 fully saturated rings. The van der Waals surface area contributed by atoms with Crippen LogP contribution in [-0.2, 0) is 14.8 Å². The summed E-state index contributed by atoms with van der Waals surface area (Å²) in [4.78, 5) is 12.1. The third kappa shape index (κ3) is 6.10. The molecular weight excluding hydrogens is 360 g/mol. The number of benzene rings is 2. The van der Waals surface area contributed by atoms with Gasteiger partial charge in [0.05, 0.1) is 10.6 Å². The van der Waals surface area contributed by atoms with E-state index in [2.05, 4.69) is 17.0 Å². The number of hydrogen-bond acceptors (Lipinski definition) is 3. The van der Waals surface area contributed by atoms with Gasteiger partial charge < -0.3 is 5.32 Å². The van der Waals surface area contributed by atoms with Crippen molar-refractivity contribution in [2.45, 2.75) is 57.8 Å². The number of nitrogens with one attached hydrogen (secondary N) is 2. The molecule has 5 nitrogen and oxygen atoms in total. The minimum Gasteiger partial charge on any atom is -0.326 e. The number of anilines is 2. The molecule has 0 spiro atoms. The topological polar surface area (TPSA) is 75.3 Å². The molecule has 146 valence electrons. The molecule has 0 saturated heterocycles. The maximum Gasteiger partial charge on any atom is 0.261 e. The first kappa shape index (κ1) is 21.0. The molecule has 6 heteroatoms. The molecule has 0 aliphatic heterocycles. The number of para-hydroxylation sites is 1. The van der Waals surface area contributed by atoms with Gasteiger partial charge in [0.2, 0.25) is 5.91 Å². The molecule has 0 bridgehead atoms. The van der Waals surface area contributed by atoms with E-state index in [-0.39, 0.29) is 10.8 Å². The van der Waals surface area contributed by atoms with Gasteiger partial charge in [-0.1, -0.05) is 44.4 Å². The minimum absolute atomic E-state index is 0.0460. The zero-order chi connectivity index (χ0) is 19.9. The van der Waals surface area contributed by atoms with Crippen molar-refractivity contribution in [1.82, 2.24) is 0 Å². The van der Waals surface area contributed by atoms with Crippen LogP contribution >= 0.6 is 0 Å². The summed E-state index contributed by atoms with van der Waals surface area (Å²) in [7, 11) is -3.69. The Bertz CT molecular complexity index is 855. The van der Waals surface area contributed by atoms with Crippen LogP contribution < -0.4 is 10.0 Å². The fourth-order valence-corrected chi connectivity index (χ4v) is 4.02. The molecule has 0 heterocycles. The molecule has 1 amide bonds. The number of aryl methyl sites for hydroxylation is 2. The van der Waals surface area contributed by atoms with Gasteiger partial charge in [-0.25, -0.2) is 8.42 Å². The molecule has 2 aromatic carbocycles. The van der Waals surface area contributed by atoms with Crippen molar-refractivity contribution in [3.63, 3.8) is 0 Å². The van der Waals surface area contributed by atoms with Gasteiger partial charge in [-0.05, 0) is 55.7 Å². The third-order valence-electron chi connectivity index (χ3n) is 4.42. The first-order valence-corrected chi connectivity index (χ1v) is 10.8. The van der Waals surface area contributed by atoms with Crippen LogP contribution in [-0.4, -0.2) is 14.3 Å². The number of rotatable bonds is 9. The number of hydrogen-bond donors (Lipinski definition) is 2. The van der Waals surface area contributed by atoms with Crippen LogP contribution in [0.15, 0.2) is 47.4 Å². The first-order valence-electron chi connectivity index (χ1n) is 9.32.